The van der Waals surface area contributed by atoms with E-state index in [4.69, 9.17) is 4.74 Å². The minimum absolute atomic E-state index is 0.00637. The van der Waals surface area contributed by atoms with Gasteiger partial charge in [0.1, 0.15) is 12.0 Å². The van der Waals surface area contributed by atoms with Gasteiger partial charge in [-0.05, 0) is 44.2 Å². The van der Waals surface area contributed by atoms with Crippen LogP contribution in [-0.4, -0.2) is 49.9 Å². The second kappa shape index (κ2) is 9.30. The number of likely N-dealkylation sites (N-methyl/N-ethyl adjacent to an activating group) is 1. The summed E-state index contributed by atoms with van der Waals surface area (Å²) in [6.07, 6.45) is 7.30. The third-order valence-corrected chi connectivity index (χ3v) is 4.37. The number of nitrogens with one attached hydrogen (secondary N) is 1. The maximum absolute atomic E-state index is 11.8. The fraction of sp³-hybridized carbons (Fsp3) is 0.556. The van der Waals surface area contributed by atoms with Gasteiger partial charge in [-0.3, -0.25) is 9.59 Å². The van der Waals surface area contributed by atoms with Crippen molar-refractivity contribution in [2.45, 2.75) is 38.1 Å². The van der Waals surface area contributed by atoms with E-state index in [-0.39, 0.29) is 12.5 Å². The van der Waals surface area contributed by atoms with E-state index in [0.29, 0.717) is 23.9 Å². The van der Waals surface area contributed by atoms with Crippen LogP contribution in [0.4, 0.5) is 0 Å². The lowest BCUT2D eigenvalue weighted by Crippen LogP contribution is -2.40. The lowest BCUT2D eigenvalue weighted by atomic mass is 9.94. The molecule has 1 saturated carbocycles. The lowest BCUT2D eigenvalue weighted by Gasteiger charge is -2.31. The fourth-order valence-electron chi connectivity index (χ4n) is 2.92. The summed E-state index contributed by atoms with van der Waals surface area (Å²) in [5, 5.41) is 2.88. The molecule has 0 saturated heterocycles. The van der Waals surface area contributed by atoms with E-state index in [0.717, 1.165) is 12.8 Å². The summed E-state index contributed by atoms with van der Waals surface area (Å²) in [4.78, 5) is 24.7. The third kappa shape index (κ3) is 6.02. The first-order valence-corrected chi connectivity index (χ1v) is 8.34. The van der Waals surface area contributed by atoms with Crippen LogP contribution in [0.3, 0.4) is 0 Å². The van der Waals surface area contributed by atoms with Crippen molar-refractivity contribution in [2.75, 3.05) is 26.7 Å². The van der Waals surface area contributed by atoms with Crippen molar-refractivity contribution in [2.24, 2.45) is 0 Å². The summed E-state index contributed by atoms with van der Waals surface area (Å²) < 4.78 is 5.40. The van der Waals surface area contributed by atoms with Gasteiger partial charge in [0.15, 0.2) is 6.61 Å². The van der Waals surface area contributed by atoms with E-state index in [2.05, 4.69) is 17.3 Å². The maximum atomic E-state index is 11.8. The van der Waals surface area contributed by atoms with E-state index in [1.54, 1.807) is 24.3 Å². The molecule has 1 amide bonds. The van der Waals surface area contributed by atoms with Gasteiger partial charge in [-0.2, -0.15) is 0 Å². The molecule has 1 aromatic carbocycles. The van der Waals surface area contributed by atoms with Crippen LogP contribution in [-0.2, 0) is 4.79 Å². The Hall–Kier alpha value is -1.88. The Labute approximate surface area is 138 Å². The molecule has 2 rings (SSSR count). The molecule has 1 N–H and O–H groups in total. The molecule has 126 valence electrons. The normalized spacial score (nSPS) is 15.4. The first-order valence-electron chi connectivity index (χ1n) is 8.34. The van der Waals surface area contributed by atoms with Crippen LogP contribution in [0.2, 0.25) is 0 Å². The van der Waals surface area contributed by atoms with Crippen LogP contribution >= 0.6 is 0 Å². The number of benzene rings is 1. The van der Waals surface area contributed by atoms with Gasteiger partial charge in [0, 0.05) is 24.7 Å². The van der Waals surface area contributed by atoms with Gasteiger partial charge in [0.2, 0.25) is 0 Å². The topological polar surface area (TPSA) is 58.6 Å². The number of amides is 1. The van der Waals surface area contributed by atoms with Crippen molar-refractivity contribution in [1.29, 1.82) is 0 Å². The molecule has 0 aliphatic heterocycles. The number of carbonyl (C=O) groups is 2. The number of hydrogen-bond acceptors (Lipinski definition) is 4. The molecule has 5 heteroatoms. The molecule has 5 nitrogen and oxygen atoms in total. The second-order valence-corrected chi connectivity index (χ2v) is 6.10. The second-order valence-electron chi connectivity index (χ2n) is 6.10. The zero-order chi connectivity index (χ0) is 16.5. The molecule has 0 unspecified atom stereocenters. The number of ether oxygens (including phenoxy) is 1. The summed E-state index contributed by atoms with van der Waals surface area (Å²) in [7, 11) is 2.13. The molecule has 0 aromatic heterocycles. The number of carbonyl (C=O) groups excluding carboxylic acids is 2. The van der Waals surface area contributed by atoms with E-state index in [1.165, 1.54) is 32.1 Å². The van der Waals surface area contributed by atoms with Gasteiger partial charge in [0.25, 0.3) is 5.91 Å². The highest BCUT2D eigenvalue weighted by Crippen LogP contribution is 2.21. The first-order chi connectivity index (χ1) is 11.2. The smallest absolute Gasteiger partial charge is 0.257 e. The summed E-state index contributed by atoms with van der Waals surface area (Å²) in [6.45, 7) is 1.50. The first kappa shape index (κ1) is 17.5. The highest BCUT2D eigenvalue weighted by Gasteiger charge is 2.17. The average Bonchev–Trinajstić information content (AvgIpc) is 2.61. The van der Waals surface area contributed by atoms with Crippen molar-refractivity contribution < 1.29 is 14.3 Å². The molecule has 1 fully saturated rings. The van der Waals surface area contributed by atoms with Gasteiger partial charge in [-0.15, -0.1) is 0 Å². The van der Waals surface area contributed by atoms with E-state index in [1.807, 2.05) is 0 Å². The Balaban J connectivity index is 1.61. The van der Waals surface area contributed by atoms with Crippen molar-refractivity contribution >= 4 is 12.2 Å². The standard InChI is InChI=1S/C18H26N2O3/c1-20(16-5-3-2-4-6-16)12-11-19-18(22)14-23-17-9-7-15(13-21)8-10-17/h7-10,13,16H,2-6,11-12,14H2,1H3,(H,19,22). The predicted octanol–water partition coefficient (Wildman–Crippen LogP) is 2.26. The zero-order valence-corrected chi connectivity index (χ0v) is 13.8. The molecule has 0 atom stereocenters. The molecule has 1 aliphatic rings. The van der Waals surface area contributed by atoms with Crippen molar-refractivity contribution in [3.05, 3.63) is 29.8 Å². The summed E-state index contributed by atoms with van der Waals surface area (Å²) in [5.74, 6) is 0.464. The lowest BCUT2D eigenvalue weighted by molar-refractivity contribution is -0.123. The Bertz CT molecular complexity index is 495. The predicted molar refractivity (Wildman–Crippen MR) is 89.8 cm³/mol. The van der Waals surface area contributed by atoms with Gasteiger partial charge in [0.05, 0.1) is 0 Å². The van der Waals surface area contributed by atoms with Crippen LogP contribution in [0.15, 0.2) is 24.3 Å². The van der Waals surface area contributed by atoms with Gasteiger partial charge in [-0.25, -0.2) is 0 Å². The van der Waals surface area contributed by atoms with Gasteiger partial charge in [-0.1, -0.05) is 19.3 Å². The molecule has 1 aromatic rings. The minimum Gasteiger partial charge on any atom is -0.484 e. The summed E-state index contributed by atoms with van der Waals surface area (Å²) in [5.41, 5.74) is 0.590. The number of nitrogens with zero attached hydrogens (tertiary/aromatic N) is 1. The molecule has 0 radical (unpaired) electrons. The maximum Gasteiger partial charge on any atom is 0.257 e. The van der Waals surface area contributed by atoms with E-state index < -0.39 is 0 Å². The van der Waals surface area contributed by atoms with Crippen LogP contribution in [0, 0.1) is 0 Å². The number of rotatable bonds is 8. The monoisotopic (exact) mass is 318 g/mol. The van der Waals surface area contributed by atoms with Crippen molar-refractivity contribution in [1.82, 2.24) is 10.2 Å². The summed E-state index contributed by atoms with van der Waals surface area (Å²) in [6, 6.07) is 7.37. The third-order valence-electron chi connectivity index (χ3n) is 4.37. The largest absolute Gasteiger partial charge is 0.484 e. The molecule has 23 heavy (non-hydrogen) atoms. The minimum atomic E-state index is -0.124. The Kier molecular flexibility index (Phi) is 7.07. The van der Waals surface area contributed by atoms with Crippen LogP contribution < -0.4 is 10.1 Å². The van der Waals surface area contributed by atoms with E-state index in [9.17, 15) is 9.59 Å². The van der Waals surface area contributed by atoms with E-state index >= 15 is 0 Å². The van der Waals surface area contributed by atoms with Crippen LogP contribution in [0.25, 0.3) is 0 Å². The molecular formula is C18H26N2O3. The SMILES string of the molecule is CN(CCNC(=O)COc1ccc(C=O)cc1)C1CCCCC1. The molecule has 0 bridgehead atoms. The Morgan fingerprint density at radius 2 is 1.96 bits per heavy atom. The quantitative estimate of drug-likeness (QED) is 0.747. The Morgan fingerprint density at radius 3 is 2.61 bits per heavy atom. The number of hydrogen-bond donors (Lipinski definition) is 1. The highest BCUT2D eigenvalue weighted by molar-refractivity contribution is 5.77. The van der Waals surface area contributed by atoms with Gasteiger partial charge < -0.3 is 15.0 Å². The molecule has 1 aliphatic carbocycles. The highest BCUT2D eigenvalue weighted by atomic mass is 16.5. The summed E-state index contributed by atoms with van der Waals surface area (Å²) >= 11 is 0. The van der Waals surface area contributed by atoms with Crippen LogP contribution in [0.1, 0.15) is 42.5 Å². The van der Waals surface area contributed by atoms with Crippen molar-refractivity contribution in [3.8, 4) is 5.75 Å². The van der Waals surface area contributed by atoms with Crippen LogP contribution in [0.5, 0.6) is 5.75 Å². The fourth-order valence-corrected chi connectivity index (χ4v) is 2.92. The Morgan fingerprint density at radius 1 is 1.26 bits per heavy atom. The molecule has 0 spiro atoms. The van der Waals surface area contributed by atoms with Gasteiger partial charge >= 0.3 is 0 Å². The zero-order valence-electron chi connectivity index (χ0n) is 13.8. The molecule has 0 heterocycles. The average molecular weight is 318 g/mol. The van der Waals surface area contributed by atoms with Crippen molar-refractivity contribution in [3.63, 3.8) is 0 Å². The molecular weight excluding hydrogens is 292 g/mol. The number of aldehydes is 1.